The van der Waals surface area contributed by atoms with Gasteiger partial charge in [-0.15, -0.1) is 0 Å². The Bertz CT molecular complexity index is 872. The number of nitrogens with zero attached hydrogens (tertiary/aromatic N) is 1. The molecular formula is C20H17ClN2O3. The van der Waals surface area contributed by atoms with Crippen LogP contribution in [0.25, 0.3) is 0 Å². The summed E-state index contributed by atoms with van der Waals surface area (Å²) in [5.74, 6) is 1.80. The van der Waals surface area contributed by atoms with Gasteiger partial charge >= 0.3 is 0 Å². The minimum Gasteiger partial charge on any atom is -0.493 e. The van der Waals surface area contributed by atoms with Gasteiger partial charge in [-0.05, 0) is 42.5 Å². The van der Waals surface area contributed by atoms with Gasteiger partial charge in [0.2, 0.25) is 5.91 Å². The summed E-state index contributed by atoms with van der Waals surface area (Å²) in [4.78, 5) is 16.0. The first-order valence-corrected chi connectivity index (χ1v) is 8.43. The summed E-state index contributed by atoms with van der Waals surface area (Å²) in [6.07, 6.45) is 3.53. The monoisotopic (exact) mass is 368 g/mol. The lowest BCUT2D eigenvalue weighted by Gasteiger charge is -2.09. The summed E-state index contributed by atoms with van der Waals surface area (Å²) in [7, 11) is 0. The molecule has 0 fully saturated rings. The molecule has 1 aromatic heterocycles. The van der Waals surface area contributed by atoms with E-state index in [1.54, 1.807) is 60.9 Å². The van der Waals surface area contributed by atoms with E-state index in [1.165, 1.54) is 0 Å². The Kier molecular flexibility index (Phi) is 6.06. The van der Waals surface area contributed by atoms with E-state index < -0.39 is 0 Å². The van der Waals surface area contributed by atoms with E-state index in [0.717, 1.165) is 0 Å². The summed E-state index contributed by atoms with van der Waals surface area (Å²) < 4.78 is 11.2. The standard InChI is InChI=1S/C20H17ClN2O3/c21-15-3-1-5-18(13-15)25-12-9-20(24)23-16-4-2-6-19(14-16)26-17-7-10-22-11-8-17/h1-8,10-11,13-14H,9,12H2,(H,23,24). The van der Waals surface area contributed by atoms with Gasteiger partial charge in [-0.25, -0.2) is 0 Å². The zero-order valence-corrected chi connectivity index (χ0v) is 14.6. The number of nitrogens with one attached hydrogen (secondary N) is 1. The highest BCUT2D eigenvalue weighted by molar-refractivity contribution is 6.30. The first-order valence-electron chi connectivity index (χ1n) is 8.05. The number of halogens is 1. The molecule has 1 N–H and O–H groups in total. The van der Waals surface area contributed by atoms with Crippen molar-refractivity contribution in [3.63, 3.8) is 0 Å². The molecule has 0 saturated carbocycles. The molecule has 0 atom stereocenters. The Labute approximate surface area is 156 Å². The van der Waals surface area contributed by atoms with Gasteiger partial charge in [-0.2, -0.15) is 0 Å². The molecule has 0 bridgehead atoms. The highest BCUT2D eigenvalue weighted by Gasteiger charge is 2.05. The van der Waals surface area contributed by atoms with Crippen LogP contribution in [-0.4, -0.2) is 17.5 Å². The third-order valence-corrected chi connectivity index (χ3v) is 3.63. The number of rotatable bonds is 7. The van der Waals surface area contributed by atoms with Gasteiger partial charge in [0, 0.05) is 29.2 Å². The van der Waals surface area contributed by atoms with Gasteiger partial charge in [0.1, 0.15) is 17.2 Å². The maximum atomic E-state index is 12.1. The van der Waals surface area contributed by atoms with Gasteiger partial charge < -0.3 is 14.8 Å². The Morgan fingerprint density at radius 2 is 1.73 bits per heavy atom. The van der Waals surface area contributed by atoms with E-state index in [4.69, 9.17) is 21.1 Å². The van der Waals surface area contributed by atoms with Crippen molar-refractivity contribution in [3.8, 4) is 17.2 Å². The number of ether oxygens (including phenoxy) is 2. The average molecular weight is 369 g/mol. The Balaban J connectivity index is 1.50. The van der Waals surface area contributed by atoms with Crippen LogP contribution in [0.3, 0.4) is 0 Å². The molecule has 0 aliphatic heterocycles. The second-order valence-electron chi connectivity index (χ2n) is 5.42. The van der Waals surface area contributed by atoms with E-state index in [0.29, 0.717) is 28.0 Å². The van der Waals surface area contributed by atoms with Crippen LogP contribution in [0.15, 0.2) is 73.1 Å². The lowest BCUT2D eigenvalue weighted by Crippen LogP contribution is -2.15. The lowest BCUT2D eigenvalue weighted by atomic mass is 10.3. The number of anilines is 1. The molecule has 0 unspecified atom stereocenters. The molecule has 2 aromatic carbocycles. The molecule has 6 heteroatoms. The molecule has 132 valence electrons. The van der Waals surface area contributed by atoms with Crippen molar-refractivity contribution in [2.45, 2.75) is 6.42 Å². The fourth-order valence-electron chi connectivity index (χ4n) is 2.22. The van der Waals surface area contributed by atoms with Crippen LogP contribution in [0.5, 0.6) is 17.2 Å². The Hall–Kier alpha value is -3.05. The van der Waals surface area contributed by atoms with Crippen LogP contribution in [0.2, 0.25) is 5.02 Å². The molecule has 0 spiro atoms. The zero-order valence-electron chi connectivity index (χ0n) is 13.9. The average Bonchev–Trinajstić information content (AvgIpc) is 2.63. The van der Waals surface area contributed by atoms with Crippen molar-refractivity contribution in [2.24, 2.45) is 0 Å². The van der Waals surface area contributed by atoms with Crippen LogP contribution in [0, 0.1) is 0 Å². The van der Waals surface area contributed by atoms with Gasteiger partial charge in [-0.3, -0.25) is 9.78 Å². The van der Waals surface area contributed by atoms with Gasteiger partial charge in [0.15, 0.2) is 0 Å². The molecule has 1 heterocycles. The highest BCUT2D eigenvalue weighted by atomic mass is 35.5. The molecule has 1 amide bonds. The molecule has 0 saturated heterocycles. The third-order valence-electron chi connectivity index (χ3n) is 3.40. The van der Waals surface area contributed by atoms with E-state index >= 15 is 0 Å². The molecular weight excluding hydrogens is 352 g/mol. The summed E-state index contributed by atoms with van der Waals surface area (Å²) in [6, 6.07) is 17.8. The molecule has 5 nitrogen and oxygen atoms in total. The van der Waals surface area contributed by atoms with E-state index in [-0.39, 0.29) is 18.9 Å². The molecule has 0 radical (unpaired) electrons. The minimum atomic E-state index is -0.145. The SMILES string of the molecule is O=C(CCOc1cccc(Cl)c1)Nc1cccc(Oc2ccncc2)c1. The fourth-order valence-corrected chi connectivity index (χ4v) is 2.40. The van der Waals surface area contributed by atoms with Crippen molar-refractivity contribution in [1.29, 1.82) is 0 Å². The summed E-state index contributed by atoms with van der Waals surface area (Å²) >= 11 is 5.89. The van der Waals surface area contributed by atoms with E-state index in [9.17, 15) is 4.79 Å². The predicted molar refractivity (Wildman–Crippen MR) is 101 cm³/mol. The second kappa shape index (κ2) is 8.87. The smallest absolute Gasteiger partial charge is 0.227 e. The maximum Gasteiger partial charge on any atom is 0.227 e. The largest absolute Gasteiger partial charge is 0.493 e. The molecule has 0 aliphatic carbocycles. The van der Waals surface area contributed by atoms with Crippen LogP contribution in [0.4, 0.5) is 5.69 Å². The number of pyridine rings is 1. The molecule has 0 aliphatic rings. The molecule has 3 rings (SSSR count). The van der Waals surface area contributed by atoms with Crippen LogP contribution >= 0.6 is 11.6 Å². The zero-order chi connectivity index (χ0) is 18.2. The van der Waals surface area contributed by atoms with Crippen LogP contribution in [-0.2, 0) is 4.79 Å². The summed E-state index contributed by atoms with van der Waals surface area (Å²) in [5.41, 5.74) is 0.657. The summed E-state index contributed by atoms with van der Waals surface area (Å²) in [6.45, 7) is 0.263. The van der Waals surface area contributed by atoms with Crippen molar-refractivity contribution < 1.29 is 14.3 Å². The highest BCUT2D eigenvalue weighted by Crippen LogP contribution is 2.23. The summed E-state index contributed by atoms with van der Waals surface area (Å²) in [5, 5.41) is 3.42. The third kappa shape index (κ3) is 5.50. The number of amides is 1. The number of benzene rings is 2. The van der Waals surface area contributed by atoms with Crippen LogP contribution in [0.1, 0.15) is 6.42 Å². The second-order valence-corrected chi connectivity index (χ2v) is 5.85. The number of aromatic nitrogens is 1. The predicted octanol–water partition coefficient (Wildman–Crippen LogP) is 4.93. The number of carbonyl (C=O) groups is 1. The molecule has 3 aromatic rings. The van der Waals surface area contributed by atoms with Gasteiger partial charge in [0.25, 0.3) is 0 Å². The van der Waals surface area contributed by atoms with Crippen molar-refractivity contribution >= 4 is 23.2 Å². The normalized spacial score (nSPS) is 10.2. The fraction of sp³-hybridized carbons (Fsp3) is 0.100. The quantitative estimate of drug-likeness (QED) is 0.642. The molecule has 26 heavy (non-hydrogen) atoms. The van der Waals surface area contributed by atoms with Gasteiger partial charge in [-0.1, -0.05) is 23.7 Å². The lowest BCUT2D eigenvalue weighted by molar-refractivity contribution is -0.116. The number of carbonyl (C=O) groups excluding carboxylic acids is 1. The number of hydrogen-bond donors (Lipinski definition) is 1. The first-order chi connectivity index (χ1) is 12.7. The maximum absolute atomic E-state index is 12.1. The Morgan fingerprint density at radius 1 is 0.962 bits per heavy atom. The first kappa shape index (κ1) is 17.8. The van der Waals surface area contributed by atoms with E-state index in [2.05, 4.69) is 10.3 Å². The topological polar surface area (TPSA) is 60.5 Å². The van der Waals surface area contributed by atoms with Crippen molar-refractivity contribution in [3.05, 3.63) is 78.1 Å². The van der Waals surface area contributed by atoms with Crippen LogP contribution < -0.4 is 14.8 Å². The van der Waals surface area contributed by atoms with Crippen molar-refractivity contribution in [1.82, 2.24) is 4.98 Å². The van der Waals surface area contributed by atoms with E-state index in [1.807, 2.05) is 12.1 Å². The minimum absolute atomic E-state index is 0.145. The Morgan fingerprint density at radius 3 is 2.54 bits per heavy atom. The van der Waals surface area contributed by atoms with Gasteiger partial charge in [0.05, 0.1) is 13.0 Å². The number of hydrogen-bond acceptors (Lipinski definition) is 4. The van der Waals surface area contributed by atoms with Crippen molar-refractivity contribution in [2.75, 3.05) is 11.9 Å².